The van der Waals surface area contributed by atoms with Crippen LogP contribution in [-0.4, -0.2) is 36.2 Å². The van der Waals surface area contributed by atoms with Gasteiger partial charge in [0.15, 0.2) is 0 Å². The van der Waals surface area contributed by atoms with E-state index in [-0.39, 0.29) is 0 Å². The van der Waals surface area contributed by atoms with E-state index < -0.39 is 0 Å². The molecule has 118 valence electrons. The first-order valence-electron chi connectivity index (χ1n) is 7.67. The summed E-state index contributed by atoms with van der Waals surface area (Å²) >= 11 is 1.75. The number of methoxy groups -OCH3 is 1. The summed E-state index contributed by atoms with van der Waals surface area (Å²) in [6.45, 7) is 3.71. The van der Waals surface area contributed by atoms with E-state index in [4.69, 9.17) is 9.47 Å². The molecule has 5 heteroatoms. The van der Waals surface area contributed by atoms with E-state index in [1.54, 1.807) is 18.4 Å². The van der Waals surface area contributed by atoms with E-state index in [1.807, 2.05) is 12.3 Å². The summed E-state index contributed by atoms with van der Waals surface area (Å²) in [5, 5.41) is 4.35. The predicted molar refractivity (Wildman–Crippen MR) is 88.2 cm³/mol. The summed E-state index contributed by atoms with van der Waals surface area (Å²) < 4.78 is 10.9. The van der Waals surface area contributed by atoms with Gasteiger partial charge >= 0.3 is 0 Å². The van der Waals surface area contributed by atoms with E-state index in [0.29, 0.717) is 12.0 Å². The number of ether oxygens (including phenoxy) is 2. The molecule has 0 radical (unpaired) electrons. The van der Waals surface area contributed by atoms with E-state index in [0.717, 1.165) is 26.2 Å². The number of pyridine rings is 1. The largest absolute Gasteiger partial charge is 0.481 e. The molecule has 3 rings (SSSR count). The quantitative estimate of drug-likeness (QED) is 0.784. The van der Waals surface area contributed by atoms with Gasteiger partial charge in [-0.2, -0.15) is 11.3 Å². The number of hydrogen-bond acceptors (Lipinski definition) is 5. The van der Waals surface area contributed by atoms with Crippen molar-refractivity contribution in [2.75, 3.05) is 20.3 Å². The molecular formula is C17H22N2O2S. The van der Waals surface area contributed by atoms with Gasteiger partial charge in [0.1, 0.15) is 0 Å². The molecule has 3 heterocycles. The molecule has 0 unspecified atom stereocenters. The second-order valence-corrected chi connectivity index (χ2v) is 6.43. The smallest absolute Gasteiger partial charge is 0.212 e. The molecule has 0 saturated carbocycles. The van der Waals surface area contributed by atoms with E-state index in [9.17, 15) is 0 Å². The zero-order valence-corrected chi connectivity index (χ0v) is 13.7. The molecule has 0 aromatic carbocycles. The van der Waals surface area contributed by atoms with Gasteiger partial charge in [0.25, 0.3) is 0 Å². The second kappa shape index (κ2) is 7.72. The molecule has 0 bridgehead atoms. The first-order chi connectivity index (χ1) is 10.8. The SMILES string of the molecule is COc1ccc(CN(Cc2ccsc2)C[C@@H]2CCCO2)cn1. The Morgan fingerprint density at radius 1 is 1.32 bits per heavy atom. The maximum Gasteiger partial charge on any atom is 0.212 e. The van der Waals surface area contributed by atoms with Crippen LogP contribution in [0.1, 0.15) is 24.0 Å². The van der Waals surface area contributed by atoms with Crippen molar-refractivity contribution in [2.45, 2.75) is 32.0 Å². The molecule has 2 aromatic rings. The van der Waals surface area contributed by atoms with Gasteiger partial charge in [0, 0.05) is 38.5 Å². The Bertz CT molecular complexity index is 551. The van der Waals surface area contributed by atoms with Gasteiger partial charge in [-0.3, -0.25) is 4.90 Å². The molecule has 2 aromatic heterocycles. The third kappa shape index (κ3) is 4.29. The monoisotopic (exact) mass is 318 g/mol. The van der Waals surface area contributed by atoms with Crippen LogP contribution in [0.2, 0.25) is 0 Å². The maximum atomic E-state index is 5.80. The molecule has 0 aliphatic carbocycles. The topological polar surface area (TPSA) is 34.6 Å². The highest BCUT2D eigenvalue weighted by atomic mass is 32.1. The summed E-state index contributed by atoms with van der Waals surface area (Å²) in [7, 11) is 1.64. The fourth-order valence-corrected chi connectivity index (χ4v) is 3.45. The van der Waals surface area contributed by atoms with Gasteiger partial charge in [0.2, 0.25) is 5.88 Å². The van der Waals surface area contributed by atoms with Crippen LogP contribution in [-0.2, 0) is 17.8 Å². The Hall–Kier alpha value is -1.43. The summed E-state index contributed by atoms with van der Waals surface area (Å²) in [5.41, 5.74) is 2.57. The van der Waals surface area contributed by atoms with E-state index >= 15 is 0 Å². The van der Waals surface area contributed by atoms with Crippen LogP contribution in [0.3, 0.4) is 0 Å². The Morgan fingerprint density at radius 2 is 2.23 bits per heavy atom. The van der Waals surface area contributed by atoms with Crippen molar-refractivity contribution in [3.05, 3.63) is 46.3 Å². The van der Waals surface area contributed by atoms with Crippen molar-refractivity contribution in [2.24, 2.45) is 0 Å². The minimum Gasteiger partial charge on any atom is -0.481 e. The summed E-state index contributed by atoms with van der Waals surface area (Å²) in [6.07, 6.45) is 4.61. The fraction of sp³-hybridized carbons (Fsp3) is 0.471. The normalized spacial score (nSPS) is 18.0. The van der Waals surface area contributed by atoms with Crippen LogP contribution < -0.4 is 4.74 Å². The Morgan fingerprint density at radius 3 is 2.86 bits per heavy atom. The van der Waals surface area contributed by atoms with Crippen LogP contribution in [0.25, 0.3) is 0 Å². The number of nitrogens with zero attached hydrogens (tertiary/aromatic N) is 2. The van der Waals surface area contributed by atoms with Crippen LogP contribution >= 0.6 is 11.3 Å². The summed E-state index contributed by atoms with van der Waals surface area (Å²) in [6, 6.07) is 6.20. The highest BCUT2D eigenvalue weighted by molar-refractivity contribution is 7.07. The first kappa shape index (κ1) is 15.5. The standard InChI is InChI=1S/C17H22N2O2S/c1-20-17-5-4-14(9-18-17)10-19(11-15-6-8-22-13-15)12-16-3-2-7-21-16/h4-6,8-9,13,16H,2-3,7,10-12H2,1H3/t16-/m0/s1. The summed E-state index contributed by atoms with van der Waals surface area (Å²) in [4.78, 5) is 6.75. The van der Waals surface area contributed by atoms with Gasteiger partial charge in [-0.1, -0.05) is 6.07 Å². The van der Waals surface area contributed by atoms with Crippen molar-refractivity contribution < 1.29 is 9.47 Å². The predicted octanol–water partition coefficient (Wildman–Crippen LogP) is 3.33. The molecule has 1 fully saturated rings. The van der Waals surface area contributed by atoms with Crippen LogP contribution in [0.5, 0.6) is 5.88 Å². The van der Waals surface area contributed by atoms with E-state index in [2.05, 4.69) is 32.8 Å². The lowest BCUT2D eigenvalue weighted by Gasteiger charge is -2.25. The molecule has 0 spiro atoms. The van der Waals surface area contributed by atoms with Gasteiger partial charge in [-0.15, -0.1) is 0 Å². The van der Waals surface area contributed by atoms with Crippen molar-refractivity contribution in [1.29, 1.82) is 0 Å². The van der Waals surface area contributed by atoms with Crippen molar-refractivity contribution >= 4 is 11.3 Å². The molecule has 22 heavy (non-hydrogen) atoms. The van der Waals surface area contributed by atoms with Gasteiger partial charge in [-0.25, -0.2) is 4.98 Å². The Kier molecular flexibility index (Phi) is 5.43. The molecule has 0 N–H and O–H groups in total. The minimum absolute atomic E-state index is 0.366. The van der Waals surface area contributed by atoms with Crippen LogP contribution in [0.4, 0.5) is 0 Å². The number of hydrogen-bond donors (Lipinski definition) is 0. The Balaban J connectivity index is 1.65. The average molecular weight is 318 g/mol. The van der Waals surface area contributed by atoms with Crippen LogP contribution in [0, 0.1) is 0 Å². The molecule has 0 amide bonds. The van der Waals surface area contributed by atoms with Gasteiger partial charge in [0.05, 0.1) is 13.2 Å². The van der Waals surface area contributed by atoms with Gasteiger partial charge < -0.3 is 9.47 Å². The summed E-state index contributed by atoms with van der Waals surface area (Å²) in [5.74, 6) is 0.660. The lowest BCUT2D eigenvalue weighted by atomic mass is 10.2. The third-order valence-electron chi connectivity index (χ3n) is 3.89. The first-order valence-corrected chi connectivity index (χ1v) is 8.62. The maximum absolute atomic E-state index is 5.80. The van der Waals surface area contributed by atoms with E-state index in [1.165, 1.54) is 24.0 Å². The molecule has 1 aliphatic rings. The lowest BCUT2D eigenvalue weighted by molar-refractivity contribution is 0.0679. The zero-order chi connectivity index (χ0) is 15.2. The third-order valence-corrected chi connectivity index (χ3v) is 4.62. The average Bonchev–Trinajstić information content (AvgIpc) is 3.22. The molecule has 1 aliphatic heterocycles. The highest BCUT2D eigenvalue weighted by Crippen LogP contribution is 2.18. The number of rotatable bonds is 7. The fourth-order valence-electron chi connectivity index (χ4n) is 2.79. The zero-order valence-electron chi connectivity index (χ0n) is 12.9. The van der Waals surface area contributed by atoms with Crippen molar-refractivity contribution in [3.8, 4) is 5.88 Å². The Labute approximate surface area is 135 Å². The molecular weight excluding hydrogens is 296 g/mol. The molecule has 1 saturated heterocycles. The highest BCUT2D eigenvalue weighted by Gasteiger charge is 2.19. The van der Waals surface area contributed by atoms with Crippen LogP contribution in [0.15, 0.2) is 35.2 Å². The lowest BCUT2D eigenvalue weighted by Crippen LogP contribution is -2.31. The number of thiophene rings is 1. The minimum atomic E-state index is 0.366. The second-order valence-electron chi connectivity index (χ2n) is 5.65. The van der Waals surface area contributed by atoms with Crippen molar-refractivity contribution in [3.63, 3.8) is 0 Å². The van der Waals surface area contributed by atoms with Gasteiger partial charge in [-0.05, 0) is 40.8 Å². The number of aromatic nitrogens is 1. The molecule has 4 nitrogen and oxygen atoms in total. The molecule has 1 atom stereocenters. The van der Waals surface area contributed by atoms with Crippen molar-refractivity contribution in [1.82, 2.24) is 9.88 Å².